The van der Waals surface area contributed by atoms with E-state index in [2.05, 4.69) is 79.0 Å². The number of hydrogen-bond donors (Lipinski definition) is 1. The summed E-state index contributed by atoms with van der Waals surface area (Å²) >= 11 is 3.59. The van der Waals surface area contributed by atoms with Crippen LogP contribution in [0, 0.1) is 0 Å². The molecule has 33 heavy (non-hydrogen) atoms. The topological polar surface area (TPSA) is 42.0 Å². The van der Waals surface area contributed by atoms with Crippen molar-refractivity contribution in [3.8, 4) is 11.1 Å². The van der Waals surface area contributed by atoms with Crippen molar-refractivity contribution in [2.45, 2.75) is 42.4 Å². The fourth-order valence-corrected chi connectivity index (χ4v) is 7.04. The second-order valence-corrected chi connectivity index (χ2v) is 10.9. The number of para-hydroxylation sites is 1. The number of fused-ring (bicyclic) bond motifs is 4. The van der Waals surface area contributed by atoms with E-state index in [1.807, 2.05) is 17.8 Å². The van der Waals surface area contributed by atoms with Gasteiger partial charge in [0, 0.05) is 12.3 Å². The molecule has 3 nitrogen and oxygen atoms in total. The molecule has 5 heteroatoms. The Balaban J connectivity index is 1.35. The summed E-state index contributed by atoms with van der Waals surface area (Å²) in [6.07, 6.45) is 3.79. The first-order valence-corrected chi connectivity index (χ1v) is 13.5. The molecule has 0 saturated carbocycles. The van der Waals surface area contributed by atoms with E-state index < -0.39 is 5.41 Å². The molecular weight excluding hydrogens is 444 g/mol. The molecule has 0 unspecified atom stereocenters. The van der Waals surface area contributed by atoms with E-state index in [4.69, 9.17) is 4.98 Å². The number of thioether (sulfide) groups is 1. The zero-order chi connectivity index (χ0) is 22.7. The molecule has 0 saturated heterocycles. The zero-order valence-corrected chi connectivity index (χ0v) is 20.5. The Kier molecular flexibility index (Phi) is 6.52. The third-order valence-electron chi connectivity index (χ3n) is 6.43. The van der Waals surface area contributed by atoms with Crippen LogP contribution in [0.5, 0.6) is 0 Å². The van der Waals surface area contributed by atoms with Gasteiger partial charge in [-0.05, 0) is 53.6 Å². The van der Waals surface area contributed by atoms with Gasteiger partial charge in [0.25, 0.3) is 0 Å². The van der Waals surface area contributed by atoms with Gasteiger partial charge in [0.05, 0.1) is 10.2 Å². The van der Waals surface area contributed by atoms with Crippen molar-refractivity contribution in [3.63, 3.8) is 0 Å². The summed E-state index contributed by atoms with van der Waals surface area (Å²) < 4.78 is 2.37. The molecule has 1 aliphatic rings. The van der Waals surface area contributed by atoms with Crippen LogP contribution >= 0.6 is 23.1 Å². The normalized spacial score (nSPS) is 13.6. The Morgan fingerprint density at radius 3 is 2.30 bits per heavy atom. The Morgan fingerprint density at radius 1 is 0.939 bits per heavy atom. The molecule has 0 radical (unpaired) electrons. The number of hydrogen-bond acceptors (Lipinski definition) is 4. The van der Waals surface area contributed by atoms with E-state index in [-0.39, 0.29) is 5.91 Å². The molecule has 1 amide bonds. The lowest BCUT2D eigenvalue weighted by Gasteiger charge is -2.31. The fourth-order valence-electron chi connectivity index (χ4n) is 4.91. The maximum atomic E-state index is 13.7. The van der Waals surface area contributed by atoms with Crippen molar-refractivity contribution in [2.75, 3.05) is 12.3 Å². The average Bonchev–Trinajstić information content (AvgIpc) is 3.40. The number of thiazole rings is 1. The van der Waals surface area contributed by atoms with E-state index in [9.17, 15) is 4.79 Å². The zero-order valence-electron chi connectivity index (χ0n) is 18.8. The Labute approximate surface area is 203 Å². The number of amides is 1. The van der Waals surface area contributed by atoms with Gasteiger partial charge in [-0.25, -0.2) is 4.98 Å². The standard InChI is InChI=1S/C28H28N2OS2/c1-2-18-29-26(31)28(22-13-5-3-11-20(22)21-12-4-6-14-23(21)28)17-9-10-19-32-27-30-24-15-7-8-16-25(24)33-27/h3-8,11-16H,2,9-10,17-19H2,1H3,(H,29,31). The quantitative estimate of drug-likeness (QED) is 0.210. The summed E-state index contributed by atoms with van der Waals surface area (Å²) in [6, 6.07) is 25.2. The molecule has 168 valence electrons. The molecule has 0 bridgehead atoms. The molecule has 3 aromatic carbocycles. The molecule has 0 aliphatic heterocycles. The number of nitrogens with zero attached hydrogens (tertiary/aromatic N) is 1. The van der Waals surface area contributed by atoms with E-state index in [0.717, 1.165) is 52.4 Å². The second kappa shape index (κ2) is 9.70. The highest BCUT2D eigenvalue weighted by molar-refractivity contribution is 8.01. The predicted molar refractivity (Wildman–Crippen MR) is 140 cm³/mol. The molecule has 5 rings (SSSR count). The SMILES string of the molecule is CCCNC(=O)C1(CCCCSc2nc3ccccc3s2)c2ccccc2-c2ccccc21. The Hall–Kier alpha value is -2.63. The van der Waals surface area contributed by atoms with Gasteiger partial charge in [0.2, 0.25) is 5.91 Å². The van der Waals surface area contributed by atoms with Crippen LogP contribution in [0.4, 0.5) is 0 Å². The summed E-state index contributed by atoms with van der Waals surface area (Å²) in [6.45, 7) is 2.81. The molecule has 1 aliphatic carbocycles. The smallest absolute Gasteiger partial charge is 0.235 e. The minimum atomic E-state index is -0.608. The van der Waals surface area contributed by atoms with Crippen LogP contribution in [0.1, 0.15) is 43.7 Å². The van der Waals surface area contributed by atoms with Gasteiger partial charge in [-0.1, -0.05) is 85.8 Å². The van der Waals surface area contributed by atoms with Gasteiger partial charge >= 0.3 is 0 Å². The van der Waals surface area contributed by atoms with Gasteiger partial charge in [-0.2, -0.15) is 0 Å². The second-order valence-electron chi connectivity index (χ2n) is 8.51. The van der Waals surface area contributed by atoms with E-state index in [1.54, 1.807) is 11.3 Å². The minimum Gasteiger partial charge on any atom is -0.355 e. The maximum Gasteiger partial charge on any atom is 0.235 e. The van der Waals surface area contributed by atoms with Crippen LogP contribution in [0.3, 0.4) is 0 Å². The van der Waals surface area contributed by atoms with Crippen LogP contribution < -0.4 is 5.32 Å². The van der Waals surface area contributed by atoms with Crippen LogP contribution in [0.15, 0.2) is 77.1 Å². The van der Waals surface area contributed by atoms with Gasteiger partial charge in [0.1, 0.15) is 5.41 Å². The monoisotopic (exact) mass is 472 g/mol. The van der Waals surface area contributed by atoms with E-state index >= 15 is 0 Å². The fraction of sp³-hybridized carbons (Fsp3) is 0.286. The number of unbranched alkanes of at least 4 members (excludes halogenated alkanes) is 1. The number of benzene rings is 3. The van der Waals surface area contributed by atoms with Crippen molar-refractivity contribution in [2.24, 2.45) is 0 Å². The third kappa shape index (κ3) is 4.09. The highest BCUT2D eigenvalue weighted by atomic mass is 32.2. The first-order chi connectivity index (χ1) is 16.2. The van der Waals surface area contributed by atoms with Crippen molar-refractivity contribution < 1.29 is 4.79 Å². The number of carbonyl (C=O) groups is 1. The van der Waals surface area contributed by atoms with Crippen molar-refractivity contribution in [1.29, 1.82) is 0 Å². The summed E-state index contributed by atoms with van der Waals surface area (Å²) in [4.78, 5) is 18.5. The largest absolute Gasteiger partial charge is 0.355 e. The lowest BCUT2D eigenvalue weighted by atomic mass is 9.73. The van der Waals surface area contributed by atoms with Gasteiger partial charge in [0.15, 0.2) is 4.34 Å². The first-order valence-electron chi connectivity index (χ1n) is 11.7. The van der Waals surface area contributed by atoms with Gasteiger partial charge < -0.3 is 5.32 Å². The third-order valence-corrected chi connectivity index (χ3v) is 8.70. The van der Waals surface area contributed by atoms with Crippen LogP contribution in [0.2, 0.25) is 0 Å². The van der Waals surface area contributed by atoms with Crippen LogP contribution in [-0.2, 0) is 10.2 Å². The number of carbonyl (C=O) groups excluding carboxylic acids is 1. The number of aromatic nitrogens is 1. The molecular formula is C28H28N2OS2. The van der Waals surface area contributed by atoms with Gasteiger partial charge in [-0.15, -0.1) is 11.3 Å². The summed E-state index contributed by atoms with van der Waals surface area (Å²) in [5, 5.41) is 3.23. The maximum absolute atomic E-state index is 13.7. The highest BCUT2D eigenvalue weighted by Gasteiger charge is 2.48. The molecule has 4 aromatic rings. The lowest BCUT2D eigenvalue weighted by molar-refractivity contribution is -0.125. The minimum absolute atomic E-state index is 0.139. The molecule has 1 aromatic heterocycles. The predicted octanol–water partition coefficient (Wildman–Crippen LogP) is 7.05. The summed E-state index contributed by atoms with van der Waals surface area (Å²) in [5.74, 6) is 1.15. The molecule has 0 spiro atoms. The van der Waals surface area contributed by atoms with E-state index in [1.165, 1.54) is 15.8 Å². The Morgan fingerprint density at radius 2 is 1.61 bits per heavy atom. The van der Waals surface area contributed by atoms with E-state index in [0.29, 0.717) is 6.54 Å². The summed E-state index contributed by atoms with van der Waals surface area (Å²) in [5.41, 5.74) is 5.17. The first kappa shape index (κ1) is 22.2. The number of rotatable bonds is 9. The number of nitrogens with one attached hydrogen (secondary N) is 1. The van der Waals surface area contributed by atoms with Crippen molar-refractivity contribution in [3.05, 3.63) is 83.9 Å². The highest BCUT2D eigenvalue weighted by Crippen LogP contribution is 2.51. The van der Waals surface area contributed by atoms with Crippen LogP contribution in [-0.4, -0.2) is 23.2 Å². The van der Waals surface area contributed by atoms with Crippen molar-refractivity contribution >= 4 is 39.2 Å². The summed E-state index contributed by atoms with van der Waals surface area (Å²) in [7, 11) is 0. The van der Waals surface area contributed by atoms with Crippen molar-refractivity contribution in [1.82, 2.24) is 10.3 Å². The molecule has 0 fully saturated rings. The molecule has 0 atom stereocenters. The van der Waals surface area contributed by atoms with Crippen LogP contribution in [0.25, 0.3) is 21.3 Å². The lowest BCUT2D eigenvalue weighted by Crippen LogP contribution is -2.44. The molecule has 1 N–H and O–H groups in total. The average molecular weight is 473 g/mol. The van der Waals surface area contributed by atoms with Gasteiger partial charge in [-0.3, -0.25) is 4.79 Å². The Bertz CT molecular complexity index is 1200. The molecule has 1 heterocycles.